The zero-order chi connectivity index (χ0) is 19.7. The van der Waals surface area contributed by atoms with Gasteiger partial charge in [-0.25, -0.2) is 0 Å². The molecule has 0 saturated heterocycles. The molecule has 3 aromatic rings. The highest BCUT2D eigenvalue weighted by Gasteiger charge is 2.27. The average Bonchev–Trinajstić information content (AvgIpc) is 3.00. The Morgan fingerprint density at radius 2 is 1.46 bits per heavy atom. The van der Waals surface area contributed by atoms with Gasteiger partial charge in [0.05, 0.1) is 0 Å². The first-order valence-corrected chi connectivity index (χ1v) is 9.06. The highest BCUT2D eigenvalue weighted by molar-refractivity contribution is 6.22. The lowest BCUT2D eigenvalue weighted by molar-refractivity contribution is 0.0953. The summed E-state index contributed by atoms with van der Waals surface area (Å²) in [7, 11) is 0. The summed E-state index contributed by atoms with van der Waals surface area (Å²) in [5.41, 5.74) is 4.31. The van der Waals surface area contributed by atoms with Gasteiger partial charge in [-0.2, -0.15) is 0 Å². The SMILES string of the molecule is CCNC(=O)c1cccc(NC(=O)c2ccc3c(c2)C(=O)c2ccccc2-3)c1. The van der Waals surface area contributed by atoms with Crippen molar-refractivity contribution >= 4 is 23.3 Å². The monoisotopic (exact) mass is 370 g/mol. The number of nitrogens with one attached hydrogen (secondary N) is 2. The number of amides is 2. The lowest BCUT2D eigenvalue weighted by atomic mass is 10.0. The lowest BCUT2D eigenvalue weighted by Gasteiger charge is -2.09. The summed E-state index contributed by atoms with van der Waals surface area (Å²) in [6.45, 7) is 2.37. The van der Waals surface area contributed by atoms with Crippen LogP contribution in [0.15, 0.2) is 66.7 Å². The van der Waals surface area contributed by atoms with Crippen molar-refractivity contribution in [3.63, 3.8) is 0 Å². The third-order valence-corrected chi connectivity index (χ3v) is 4.71. The number of hydrogen-bond acceptors (Lipinski definition) is 3. The minimum Gasteiger partial charge on any atom is -0.352 e. The van der Waals surface area contributed by atoms with E-state index in [9.17, 15) is 14.4 Å². The van der Waals surface area contributed by atoms with E-state index in [1.54, 1.807) is 48.5 Å². The summed E-state index contributed by atoms with van der Waals surface area (Å²) < 4.78 is 0. The Bertz CT molecular complexity index is 1120. The number of fused-ring (bicyclic) bond motifs is 3. The molecule has 0 unspecified atom stereocenters. The summed E-state index contributed by atoms with van der Waals surface area (Å²) in [4.78, 5) is 37.3. The lowest BCUT2D eigenvalue weighted by Crippen LogP contribution is -2.22. The van der Waals surface area contributed by atoms with E-state index in [0.29, 0.717) is 34.5 Å². The van der Waals surface area contributed by atoms with Crippen molar-refractivity contribution in [3.8, 4) is 11.1 Å². The van der Waals surface area contributed by atoms with E-state index in [-0.39, 0.29) is 17.6 Å². The summed E-state index contributed by atoms with van der Waals surface area (Å²) in [5.74, 6) is -0.599. The molecule has 0 spiro atoms. The molecule has 1 aliphatic rings. The minimum atomic E-state index is -0.334. The highest BCUT2D eigenvalue weighted by Crippen LogP contribution is 2.36. The molecule has 0 bridgehead atoms. The van der Waals surface area contributed by atoms with Gasteiger partial charge in [0.25, 0.3) is 11.8 Å². The molecule has 0 heterocycles. The largest absolute Gasteiger partial charge is 0.352 e. The predicted octanol–water partition coefficient (Wildman–Crippen LogP) is 3.90. The van der Waals surface area contributed by atoms with E-state index >= 15 is 0 Å². The first-order chi connectivity index (χ1) is 13.6. The van der Waals surface area contributed by atoms with Crippen LogP contribution in [0.1, 0.15) is 43.6 Å². The van der Waals surface area contributed by atoms with Crippen LogP contribution in [0, 0.1) is 0 Å². The van der Waals surface area contributed by atoms with Gasteiger partial charge in [-0.15, -0.1) is 0 Å². The van der Waals surface area contributed by atoms with Crippen LogP contribution in [-0.4, -0.2) is 24.1 Å². The van der Waals surface area contributed by atoms with Crippen molar-refractivity contribution in [2.45, 2.75) is 6.92 Å². The molecule has 0 fully saturated rings. The Labute approximate surface area is 162 Å². The molecule has 28 heavy (non-hydrogen) atoms. The molecule has 0 radical (unpaired) electrons. The second-order valence-corrected chi connectivity index (χ2v) is 6.53. The van der Waals surface area contributed by atoms with Crippen molar-refractivity contribution in [2.75, 3.05) is 11.9 Å². The number of rotatable bonds is 4. The van der Waals surface area contributed by atoms with Crippen molar-refractivity contribution in [1.82, 2.24) is 5.32 Å². The van der Waals surface area contributed by atoms with Gasteiger partial charge in [0.2, 0.25) is 0 Å². The van der Waals surface area contributed by atoms with Crippen molar-refractivity contribution in [1.29, 1.82) is 0 Å². The molecule has 5 nitrogen and oxygen atoms in total. The van der Waals surface area contributed by atoms with E-state index in [2.05, 4.69) is 10.6 Å². The van der Waals surface area contributed by atoms with Crippen LogP contribution in [0.25, 0.3) is 11.1 Å². The maximum absolute atomic E-state index is 12.7. The molecular formula is C23H18N2O3. The number of hydrogen-bond donors (Lipinski definition) is 2. The van der Waals surface area contributed by atoms with Crippen molar-refractivity contribution in [2.24, 2.45) is 0 Å². The van der Waals surface area contributed by atoms with Gasteiger partial charge >= 0.3 is 0 Å². The molecule has 4 rings (SSSR count). The molecule has 0 saturated carbocycles. The van der Waals surface area contributed by atoms with E-state index < -0.39 is 0 Å². The Hall–Kier alpha value is -3.73. The van der Waals surface area contributed by atoms with E-state index in [0.717, 1.165) is 11.1 Å². The zero-order valence-corrected chi connectivity index (χ0v) is 15.3. The van der Waals surface area contributed by atoms with Crippen LogP contribution >= 0.6 is 0 Å². The minimum absolute atomic E-state index is 0.0708. The van der Waals surface area contributed by atoms with Crippen LogP contribution in [0.5, 0.6) is 0 Å². The molecule has 0 atom stereocenters. The molecular weight excluding hydrogens is 352 g/mol. The highest BCUT2D eigenvalue weighted by atomic mass is 16.2. The fourth-order valence-corrected chi connectivity index (χ4v) is 3.37. The Morgan fingerprint density at radius 1 is 0.750 bits per heavy atom. The van der Waals surface area contributed by atoms with Gasteiger partial charge < -0.3 is 10.6 Å². The molecule has 2 N–H and O–H groups in total. The average molecular weight is 370 g/mol. The van der Waals surface area contributed by atoms with Gasteiger partial charge in [0.15, 0.2) is 5.78 Å². The standard InChI is InChI=1S/C23H18N2O3/c1-2-24-22(27)14-6-5-7-16(12-14)25-23(28)15-10-11-18-17-8-3-4-9-19(17)21(26)20(18)13-15/h3-13H,2H2,1H3,(H,24,27)(H,25,28). The number of benzene rings is 3. The first kappa shape index (κ1) is 17.7. The number of carbonyl (C=O) groups excluding carboxylic acids is 3. The van der Waals surface area contributed by atoms with Crippen molar-refractivity contribution in [3.05, 3.63) is 89.0 Å². The summed E-state index contributed by atoms with van der Waals surface area (Å²) >= 11 is 0. The normalized spacial score (nSPS) is 11.5. The van der Waals surface area contributed by atoms with Gasteiger partial charge in [-0.05, 0) is 48.4 Å². The van der Waals surface area contributed by atoms with Crippen molar-refractivity contribution < 1.29 is 14.4 Å². The maximum atomic E-state index is 12.7. The zero-order valence-electron chi connectivity index (χ0n) is 15.3. The molecule has 0 aromatic heterocycles. The summed E-state index contributed by atoms with van der Waals surface area (Å²) in [6.07, 6.45) is 0. The third-order valence-electron chi connectivity index (χ3n) is 4.71. The smallest absolute Gasteiger partial charge is 0.255 e. The van der Waals surface area contributed by atoms with Gasteiger partial charge in [0.1, 0.15) is 0 Å². The fourth-order valence-electron chi connectivity index (χ4n) is 3.37. The van der Waals surface area contributed by atoms with E-state index in [1.807, 2.05) is 25.1 Å². The molecule has 5 heteroatoms. The predicted molar refractivity (Wildman–Crippen MR) is 108 cm³/mol. The second-order valence-electron chi connectivity index (χ2n) is 6.53. The molecule has 138 valence electrons. The molecule has 1 aliphatic carbocycles. The third kappa shape index (κ3) is 3.07. The number of anilines is 1. The Kier molecular flexibility index (Phi) is 4.49. The molecule has 3 aromatic carbocycles. The van der Waals surface area contributed by atoms with Crippen LogP contribution in [0.2, 0.25) is 0 Å². The fraction of sp³-hybridized carbons (Fsp3) is 0.0870. The van der Waals surface area contributed by atoms with Gasteiger partial charge in [-0.3, -0.25) is 14.4 Å². The molecule has 0 aliphatic heterocycles. The topological polar surface area (TPSA) is 75.3 Å². The summed E-state index contributed by atoms with van der Waals surface area (Å²) in [6, 6.07) is 19.3. The number of carbonyl (C=O) groups is 3. The van der Waals surface area contributed by atoms with Crippen LogP contribution in [0.4, 0.5) is 5.69 Å². The van der Waals surface area contributed by atoms with E-state index in [4.69, 9.17) is 0 Å². The Balaban J connectivity index is 1.58. The Morgan fingerprint density at radius 3 is 2.25 bits per heavy atom. The summed E-state index contributed by atoms with van der Waals surface area (Å²) in [5, 5.41) is 5.52. The maximum Gasteiger partial charge on any atom is 0.255 e. The second kappa shape index (κ2) is 7.12. The van der Waals surface area contributed by atoms with Gasteiger partial charge in [-0.1, -0.05) is 36.4 Å². The molecule has 2 amide bonds. The quantitative estimate of drug-likeness (QED) is 0.572. The van der Waals surface area contributed by atoms with Gasteiger partial charge in [0, 0.05) is 34.5 Å². The van der Waals surface area contributed by atoms with Crippen LogP contribution in [-0.2, 0) is 0 Å². The van der Waals surface area contributed by atoms with Crippen LogP contribution < -0.4 is 10.6 Å². The van der Waals surface area contributed by atoms with E-state index in [1.165, 1.54) is 0 Å². The number of ketones is 1. The van der Waals surface area contributed by atoms with Crippen LogP contribution in [0.3, 0.4) is 0 Å². The first-order valence-electron chi connectivity index (χ1n) is 9.06.